The van der Waals surface area contributed by atoms with Crippen molar-refractivity contribution in [3.63, 3.8) is 0 Å². The fraction of sp³-hybridized carbons (Fsp3) is 0.318. The Bertz CT molecular complexity index is 1230. The second kappa shape index (κ2) is 9.54. The van der Waals surface area contributed by atoms with Crippen LogP contribution < -0.4 is 15.5 Å². The number of rotatable bonds is 8. The average Bonchev–Trinajstić information content (AvgIpc) is 2.75. The number of benzene rings is 1. The van der Waals surface area contributed by atoms with Crippen LogP contribution >= 0.6 is 11.6 Å². The summed E-state index contributed by atoms with van der Waals surface area (Å²) in [7, 11) is 1.39. The third kappa shape index (κ3) is 4.39. The summed E-state index contributed by atoms with van der Waals surface area (Å²) in [4.78, 5) is 29.0. The number of aliphatic hydroxyl groups is 1. The van der Waals surface area contributed by atoms with Gasteiger partial charge in [0.15, 0.2) is 0 Å². The van der Waals surface area contributed by atoms with Crippen molar-refractivity contribution in [3.05, 3.63) is 62.7 Å². The van der Waals surface area contributed by atoms with E-state index >= 15 is 0 Å². The van der Waals surface area contributed by atoms with Crippen molar-refractivity contribution >= 4 is 34.3 Å². The Kier molecular flexibility index (Phi) is 7.00. The van der Waals surface area contributed by atoms with Gasteiger partial charge in [0.1, 0.15) is 17.0 Å². The van der Waals surface area contributed by atoms with Crippen LogP contribution in [0.2, 0.25) is 5.02 Å². The number of nitrogens with one attached hydrogen (secondary N) is 1. The third-order valence-electron chi connectivity index (χ3n) is 5.21. The van der Waals surface area contributed by atoms with Gasteiger partial charge in [0.05, 0.1) is 35.9 Å². The number of hydrogen-bond donors (Lipinski definition) is 3. The molecular formula is C22H23ClFN3O5. The number of carboxylic acids is 1. The number of aliphatic hydroxyl groups excluding tert-OH is 1. The van der Waals surface area contributed by atoms with Crippen molar-refractivity contribution < 1.29 is 24.1 Å². The zero-order valence-electron chi connectivity index (χ0n) is 17.7. The molecule has 1 unspecified atom stereocenters. The summed E-state index contributed by atoms with van der Waals surface area (Å²) in [6.07, 6.45) is 1.19. The van der Waals surface area contributed by atoms with Crippen LogP contribution in [0.4, 0.5) is 10.1 Å². The molecule has 1 atom stereocenters. The zero-order chi connectivity index (χ0) is 23.6. The van der Waals surface area contributed by atoms with E-state index in [0.717, 1.165) is 0 Å². The highest BCUT2D eigenvalue weighted by Gasteiger charge is 2.23. The Morgan fingerprint density at radius 2 is 2.09 bits per heavy atom. The lowest BCUT2D eigenvalue weighted by Crippen LogP contribution is -2.26. The fourth-order valence-electron chi connectivity index (χ4n) is 3.44. The fourth-order valence-corrected chi connectivity index (χ4v) is 3.63. The number of carbonyl (C=O) groups is 1. The van der Waals surface area contributed by atoms with Gasteiger partial charge in [0.2, 0.25) is 11.3 Å². The highest BCUT2D eigenvalue weighted by atomic mass is 35.5. The van der Waals surface area contributed by atoms with Gasteiger partial charge in [0.25, 0.3) is 0 Å². The number of anilines is 1. The highest BCUT2D eigenvalue weighted by Crippen LogP contribution is 2.30. The Hall–Kier alpha value is -3.17. The maximum absolute atomic E-state index is 14.2. The van der Waals surface area contributed by atoms with Gasteiger partial charge in [-0.15, -0.1) is 0 Å². The van der Waals surface area contributed by atoms with Crippen LogP contribution in [-0.4, -0.2) is 39.5 Å². The molecule has 32 heavy (non-hydrogen) atoms. The van der Waals surface area contributed by atoms with E-state index in [4.69, 9.17) is 16.3 Å². The van der Waals surface area contributed by atoms with Crippen molar-refractivity contribution in [2.45, 2.75) is 26.4 Å². The predicted octanol–water partition coefficient (Wildman–Crippen LogP) is 3.70. The molecule has 0 aliphatic carbocycles. The average molecular weight is 464 g/mol. The van der Waals surface area contributed by atoms with Gasteiger partial charge >= 0.3 is 5.97 Å². The molecule has 0 saturated heterocycles. The number of methoxy groups -OCH3 is 1. The van der Waals surface area contributed by atoms with Crippen LogP contribution in [0.25, 0.3) is 11.0 Å². The number of pyridine rings is 2. The molecule has 0 bridgehead atoms. The van der Waals surface area contributed by atoms with Crippen molar-refractivity contribution in [1.82, 2.24) is 9.55 Å². The van der Waals surface area contributed by atoms with Crippen LogP contribution in [0.5, 0.6) is 5.88 Å². The lowest BCUT2D eigenvalue weighted by Gasteiger charge is -2.24. The molecule has 8 nitrogen and oxygen atoms in total. The Labute approximate surface area is 188 Å². The van der Waals surface area contributed by atoms with Crippen LogP contribution in [0.15, 0.2) is 35.3 Å². The molecule has 2 aromatic heterocycles. The van der Waals surface area contributed by atoms with Crippen molar-refractivity contribution in [1.29, 1.82) is 0 Å². The molecule has 10 heteroatoms. The van der Waals surface area contributed by atoms with E-state index in [1.165, 1.54) is 30.0 Å². The second-order valence-electron chi connectivity index (χ2n) is 7.56. The Morgan fingerprint density at radius 1 is 1.38 bits per heavy atom. The van der Waals surface area contributed by atoms with Crippen molar-refractivity contribution in [3.8, 4) is 5.88 Å². The van der Waals surface area contributed by atoms with Gasteiger partial charge in [0, 0.05) is 18.3 Å². The molecule has 0 fully saturated rings. The number of hydrogen-bond acceptors (Lipinski definition) is 6. The molecular weight excluding hydrogens is 441 g/mol. The molecule has 0 amide bonds. The van der Waals surface area contributed by atoms with Crippen LogP contribution in [0, 0.1) is 11.7 Å². The number of fused-ring (bicyclic) bond motifs is 1. The predicted molar refractivity (Wildman–Crippen MR) is 119 cm³/mol. The second-order valence-corrected chi connectivity index (χ2v) is 7.97. The number of aromatic carboxylic acids is 1. The molecule has 0 spiro atoms. The summed E-state index contributed by atoms with van der Waals surface area (Å²) in [6, 6.07) is 5.49. The summed E-state index contributed by atoms with van der Waals surface area (Å²) in [5.74, 6) is -1.93. The molecule has 2 heterocycles. The summed E-state index contributed by atoms with van der Waals surface area (Å²) < 4.78 is 21.1. The summed E-state index contributed by atoms with van der Waals surface area (Å²) in [6.45, 7) is 3.46. The third-order valence-corrected chi connectivity index (χ3v) is 5.50. The van der Waals surface area contributed by atoms with E-state index in [2.05, 4.69) is 10.3 Å². The zero-order valence-corrected chi connectivity index (χ0v) is 18.5. The van der Waals surface area contributed by atoms with E-state index in [9.17, 15) is 24.2 Å². The van der Waals surface area contributed by atoms with Gasteiger partial charge in [-0.25, -0.2) is 9.18 Å². The van der Waals surface area contributed by atoms with Crippen LogP contribution in [0.3, 0.4) is 0 Å². The van der Waals surface area contributed by atoms with E-state index in [-0.39, 0.29) is 52.3 Å². The highest BCUT2D eigenvalue weighted by molar-refractivity contribution is 6.30. The summed E-state index contributed by atoms with van der Waals surface area (Å²) in [5.41, 5.74) is -0.442. The lowest BCUT2D eigenvalue weighted by atomic mass is 10.0. The smallest absolute Gasteiger partial charge is 0.341 e. The first-order valence-electron chi connectivity index (χ1n) is 9.84. The van der Waals surface area contributed by atoms with Gasteiger partial charge in [-0.2, -0.15) is 4.98 Å². The molecule has 0 saturated carbocycles. The molecule has 3 N–H and O–H groups in total. The quantitative estimate of drug-likeness (QED) is 0.466. The molecule has 3 aromatic rings. The largest absolute Gasteiger partial charge is 0.479 e. The lowest BCUT2D eigenvalue weighted by molar-refractivity contribution is 0.0694. The SMILES string of the molecule is COc1nc2c(cc1NCc1cccc(Cl)c1F)c(=O)c(C(=O)O)cn2C(CO)C(C)C. The normalized spacial score (nSPS) is 12.2. The summed E-state index contributed by atoms with van der Waals surface area (Å²) in [5, 5.41) is 22.4. The number of ether oxygens (including phenoxy) is 1. The maximum atomic E-state index is 14.2. The first-order chi connectivity index (χ1) is 15.2. The number of aromatic nitrogens is 2. The van der Waals surface area contributed by atoms with Gasteiger partial charge in [-0.05, 0) is 18.1 Å². The molecule has 1 aromatic carbocycles. The van der Waals surface area contributed by atoms with E-state index in [0.29, 0.717) is 0 Å². The van der Waals surface area contributed by atoms with Crippen molar-refractivity contribution in [2.75, 3.05) is 19.0 Å². The summed E-state index contributed by atoms with van der Waals surface area (Å²) >= 11 is 5.83. The standard InChI is InChI=1S/C22H23ClFN3O5/c1-11(2)17(10-28)27-9-14(22(30)31)19(29)13-7-16(21(32-3)26-20(13)27)25-8-12-5-4-6-15(23)18(12)24/h4-7,9,11,17,25,28H,8,10H2,1-3H3,(H,30,31). The minimum absolute atomic E-state index is 0.0218. The number of carboxylic acid groups (broad SMARTS) is 1. The molecule has 0 radical (unpaired) electrons. The first kappa shape index (κ1) is 23.5. The van der Waals surface area contributed by atoms with Crippen molar-refractivity contribution in [2.24, 2.45) is 5.92 Å². The van der Waals surface area contributed by atoms with E-state index < -0.39 is 28.8 Å². The number of nitrogens with zero attached hydrogens (tertiary/aromatic N) is 2. The minimum Gasteiger partial charge on any atom is -0.479 e. The molecule has 0 aliphatic rings. The molecule has 170 valence electrons. The van der Waals surface area contributed by atoms with Crippen LogP contribution in [-0.2, 0) is 6.54 Å². The molecule has 3 rings (SSSR count). The van der Waals surface area contributed by atoms with Gasteiger partial charge in [-0.3, -0.25) is 4.79 Å². The Balaban J connectivity index is 2.19. The Morgan fingerprint density at radius 3 is 2.69 bits per heavy atom. The van der Waals surface area contributed by atoms with E-state index in [1.54, 1.807) is 12.1 Å². The van der Waals surface area contributed by atoms with Gasteiger partial charge < -0.3 is 24.8 Å². The first-order valence-corrected chi connectivity index (χ1v) is 10.2. The number of halogens is 2. The van der Waals surface area contributed by atoms with Crippen LogP contribution in [0.1, 0.15) is 35.8 Å². The van der Waals surface area contributed by atoms with E-state index in [1.807, 2.05) is 13.8 Å². The minimum atomic E-state index is -1.39. The van der Waals surface area contributed by atoms with Gasteiger partial charge in [-0.1, -0.05) is 37.6 Å². The maximum Gasteiger partial charge on any atom is 0.341 e. The molecule has 0 aliphatic heterocycles. The topological polar surface area (TPSA) is 114 Å². The monoisotopic (exact) mass is 463 g/mol.